The minimum absolute atomic E-state index is 0.590. The Morgan fingerprint density at radius 1 is 1.29 bits per heavy atom. The Labute approximate surface area is 113 Å². The topological polar surface area (TPSA) is 15.3 Å². The lowest BCUT2D eigenvalue weighted by Crippen LogP contribution is -2.53. The van der Waals surface area contributed by atoms with E-state index in [2.05, 4.69) is 65.1 Å². The molecule has 2 nitrogen and oxygen atoms in total. The number of hydrogen-bond acceptors (Lipinski definition) is 2. The van der Waals surface area contributed by atoms with Crippen LogP contribution in [0.3, 0.4) is 0 Å². The number of rotatable bonds is 2. The van der Waals surface area contributed by atoms with Crippen LogP contribution in [0.4, 0.5) is 0 Å². The lowest BCUT2D eigenvalue weighted by molar-refractivity contribution is 0.166. The molecule has 2 atom stereocenters. The zero-order chi connectivity index (χ0) is 12.4. The molecule has 3 heteroatoms. The van der Waals surface area contributed by atoms with Crippen LogP contribution in [0.1, 0.15) is 25.0 Å². The molecule has 1 aromatic rings. The molecule has 2 unspecified atom stereocenters. The maximum absolute atomic E-state index is 3.60. The summed E-state index contributed by atoms with van der Waals surface area (Å²) >= 11 is 3.60. The van der Waals surface area contributed by atoms with Crippen LogP contribution in [0.5, 0.6) is 0 Å². The van der Waals surface area contributed by atoms with Crippen LogP contribution in [0.25, 0.3) is 0 Å². The maximum Gasteiger partial charge on any atom is 0.0235 e. The van der Waals surface area contributed by atoms with Crippen LogP contribution in [-0.2, 0) is 6.54 Å². The predicted octanol–water partition coefficient (Wildman–Crippen LogP) is 2.94. The highest BCUT2D eigenvalue weighted by Gasteiger charge is 2.20. The molecule has 0 bridgehead atoms. The number of halogens is 1. The molecule has 1 aliphatic heterocycles. The molecule has 0 radical (unpaired) electrons. The van der Waals surface area contributed by atoms with Gasteiger partial charge in [-0.2, -0.15) is 0 Å². The van der Waals surface area contributed by atoms with Crippen LogP contribution in [0.15, 0.2) is 22.7 Å². The highest BCUT2D eigenvalue weighted by Crippen LogP contribution is 2.19. The maximum atomic E-state index is 3.60. The van der Waals surface area contributed by atoms with E-state index in [0.717, 1.165) is 19.6 Å². The van der Waals surface area contributed by atoms with Crippen LogP contribution < -0.4 is 5.32 Å². The van der Waals surface area contributed by atoms with E-state index >= 15 is 0 Å². The second-order valence-electron chi connectivity index (χ2n) is 5.25. The zero-order valence-electron chi connectivity index (χ0n) is 10.8. The van der Waals surface area contributed by atoms with Gasteiger partial charge in [0, 0.05) is 36.2 Å². The summed E-state index contributed by atoms with van der Waals surface area (Å²) in [5.74, 6) is 0. The fraction of sp³-hybridized carbons (Fsp3) is 0.571. The summed E-state index contributed by atoms with van der Waals surface area (Å²) in [4.78, 5) is 2.53. The summed E-state index contributed by atoms with van der Waals surface area (Å²) in [6.45, 7) is 9.96. The molecule has 1 fully saturated rings. The summed E-state index contributed by atoms with van der Waals surface area (Å²) in [5, 5.41) is 3.56. The van der Waals surface area contributed by atoms with Gasteiger partial charge in [0.25, 0.3) is 0 Å². The van der Waals surface area contributed by atoms with Gasteiger partial charge in [0.1, 0.15) is 0 Å². The van der Waals surface area contributed by atoms with Gasteiger partial charge in [0.15, 0.2) is 0 Å². The Bertz CT molecular complexity index is 382. The monoisotopic (exact) mass is 296 g/mol. The van der Waals surface area contributed by atoms with Crippen LogP contribution >= 0.6 is 15.9 Å². The second-order valence-corrected chi connectivity index (χ2v) is 6.10. The number of nitrogens with one attached hydrogen (secondary N) is 1. The fourth-order valence-corrected chi connectivity index (χ4v) is 2.99. The first kappa shape index (κ1) is 13.1. The molecular weight excluding hydrogens is 276 g/mol. The summed E-state index contributed by atoms with van der Waals surface area (Å²) in [7, 11) is 0. The van der Waals surface area contributed by atoms with E-state index in [1.165, 1.54) is 15.6 Å². The summed E-state index contributed by atoms with van der Waals surface area (Å²) in [5.41, 5.74) is 2.69. The SMILES string of the molecule is Cc1ccc(CN2CC(C)NC(C)C2)cc1Br. The minimum atomic E-state index is 0.590. The number of piperazine rings is 1. The molecule has 2 rings (SSSR count). The van der Waals surface area contributed by atoms with Crippen molar-refractivity contribution in [2.45, 2.75) is 39.4 Å². The average molecular weight is 297 g/mol. The largest absolute Gasteiger partial charge is 0.309 e. The van der Waals surface area contributed by atoms with E-state index in [4.69, 9.17) is 0 Å². The van der Waals surface area contributed by atoms with E-state index in [9.17, 15) is 0 Å². The summed E-state index contributed by atoms with van der Waals surface area (Å²) in [6, 6.07) is 7.85. The minimum Gasteiger partial charge on any atom is -0.309 e. The van der Waals surface area contributed by atoms with E-state index < -0.39 is 0 Å². The number of aryl methyl sites for hydroxylation is 1. The second kappa shape index (κ2) is 5.51. The molecular formula is C14H21BrN2. The zero-order valence-corrected chi connectivity index (χ0v) is 12.4. The molecule has 1 heterocycles. The smallest absolute Gasteiger partial charge is 0.0235 e. The first-order valence-corrected chi connectivity index (χ1v) is 7.07. The van der Waals surface area contributed by atoms with Crippen molar-refractivity contribution < 1.29 is 0 Å². The van der Waals surface area contributed by atoms with Crippen molar-refractivity contribution in [3.63, 3.8) is 0 Å². The van der Waals surface area contributed by atoms with Crippen molar-refractivity contribution in [3.8, 4) is 0 Å². The highest BCUT2D eigenvalue weighted by atomic mass is 79.9. The van der Waals surface area contributed by atoms with Crippen molar-refractivity contribution in [1.29, 1.82) is 0 Å². The van der Waals surface area contributed by atoms with Gasteiger partial charge in [0.05, 0.1) is 0 Å². The van der Waals surface area contributed by atoms with Gasteiger partial charge in [-0.3, -0.25) is 4.90 Å². The Balaban J connectivity index is 2.02. The third-order valence-electron chi connectivity index (χ3n) is 3.28. The Hall–Kier alpha value is -0.380. The quantitative estimate of drug-likeness (QED) is 0.903. The van der Waals surface area contributed by atoms with Crippen molar-refractivity contribution in [2.75, 3.05) is 13.1 Å². The van der Waals surface area contributed by atoms with Gasteiger partial charge >= 0.3 is 0 Å². The van der Waals surface area contributed by atoms with Gasteiger partial charge in [0.2, 0.25) is 0 Å². The normalized spacial score (nSPS) is 26.1. The predicted molar refractivity (Wildman–Crippen MR) is 76.2 cm³/mol. The molecule has 1 N–H and O–H groups in total. The molecule has 0 spiro atoms. The Kier molecular flexibility index (Phi) is 4.23. The van der Waals surface area contributed by atoms with Gasteiger partial charge in [-0.05, 0) is 38.0 Å². The van der Waals surface area contributed by atoms with Crippen LogP contribution in [0, 0.1) is 6.92 Å². The van der Waals surface area contributed by atoms with E-state index in [-0.39, 0.29) is 0 Å². The van der Waals surface area contributed by atoms with Crippen molar-refractivity contribution in [1.82, 2.24) is 10.2 Å². The van der Waals surface area contributed by atoms with E-state index in [1.54, 1.807) is 0 Å². The number of hydrogen-bond donors (Lipinski definition) is 1. The van der Waals surface area contributed by atoms with Crippen molar-refractivity contribution in [2.24, 2.45) is 0 Å². The van der Waals surface area contributed by atoms with Gasteiger partial charge in [-0.1, -0.05) is 28.1 Å². The molecule has 1 aliphatic rings. The molecule has 1 saturated heterocycles. The van der Waals surface area contributed by atoms with Crippen molar-refractivity contribution in [3.05, 3.63) is 33.8 Å². The molecule has 0 saturated carbocycles. The van der Waals surface area contributed by atoms with E-state index in [1.807, 2.05) is 0 Å². The molecule has 0 aliphatic carbocycles. The highest BCUT2D eigenvalue weighted by molar-refractivity contribution is 9.10. The van der Waals surface area contributed by atoms with Gasteiger partial charge in [-0.15, -0.1) is 0 Å². The molecule has 17 heavy (non-hydrogen) atoms. The third kappa shape index (κ3) is 3.54. The van der Waals surface area contributed by atoms with Gasteiger partial charge in [-0.25, -0.2) is 0 Å². The molecule has 94 valence electrons. The summed E-state index contributed by atoms with van der Waals surface area (Å²) < 4.78 is 1.21. The Morgan fingerprint density at radius 3 is 2.53 bits per heavy atom. The van der Waals surface area contributed by atoms with Crippen molar-refractivity contribution >= 4 is 15.9 Å². The standard InChI is InChI=1S/C14H21BrN2/c1-10-4-5-13(6-14(10)15)9-17-7-11(2)16-12(3)8-17/h4-6,11-12,16H,7-9H2,1-3H3. The van der Waals surface area contributed by atoms with Gasteiger partial charge < -0.3 is 5.32 Å². The lowest BCUT2D eigenvalue weighted by Gasteiger charge is -2.36. The lowest BCUT2D eigenvalue weighted by atomic mass is 10.1. The first-order chi connectivity index (χ1) is 8.04. The van der Waals surface area contributed by atoms with Crippen LogP contribution in [-0.4, -0.2) is 30.1 Å². The average Bonchev–Trinajstić information content (AvgIpc) is 2.22. The molecule has 0 aromatic heterocycles. The molecule has 1 aromatic carbocycles. The Morgan fingerprint density at radius 2 is 1.94 bits per heavy atom. The van der Waals surface area contributed by atoms with Crippen LogP contribution in [0.2, 0.25) is 0 Å². The summed E-state index contributed by atoms with van der Waals surface area (Å²) in [6.07, 6.45) is 0. The van der Waals surface area contributed by atoms with E-state index in [0.29, 0.717) is 12.1 Å². The first-order valence-electron chi connectivity index (χ1n) is 6.28. The third-order valence-corrected chi connectivity index (χ3v) is 4.13. The molecule has 0 amide bonds. The fourth-order valence-electron chi connectivity index (χ4n) is 2.56. The number of nitrogens with zero attached hydrogens (tertiary/aromatic N) is 1. The number of benzene rings is 1.